The van der Waals surface area contributed by atoms with Gasteiger partial charge in [0.1, 0.15) is 5.75 Å². The van der Waals surface area contributed by atoms with Crippen molar-refractivity contribution in [1.82, 2.24) is 5.32 Å². The topological polar surface area (TPSA) is 64.3 Å². The molecule has 1 aromatic rings. The number of ether oxygens (including phenoxy) is 1. The van der Waals surface area contributed by atoms with Crippen molar-refractivity contribution in [3.05, 3.63) is 29.8 Å². The molecule has 1 amide bonds. The molecule has 2 rings (SSSR count). The number of carbonyl (C=O) groups is 1. The van der Waals surface area contributed by atoms with Crippen molar-refractivity contribution in [1.29, 1.82) is 0 Å². The van der Waals surface area contributed by atoms with Gasteiger partial charge in [-0.05, 0) is 49.8 Å². The quantitative estimate of drug-likeness (QED) is 0.714. The van der Waals surface area contributed by atoms with Crippen LogP contribution in [0.15, 0.2) is 24.3 Å². The Morgan fingerprint density at radius 3 is 2.95 bits per heavy atom. The molecule has 20 heavy (non-hydrogen) atoms. The van der Waals surface area contributed by atoms with E-state index < -0.39 is 0 Å². The second-order valence-electron chi connectivity index (χ2n) is 5.52. The zero-order chi connectivity index (χ0) is 14.4. The lowest BCUT2D eigenvalue weighted by atomic mass is 10.2. The average Bonchev–Trinajstić information content (AvgIpc) is 3.25. The van der Waals surface area contributed by atoms with Gasteiger partial charge in [-0.1, -0.05) is 12.1 Å². The van der Waals surface area contributed by atoms with E-state index in [0.717, 1.165) is 12.2 Å². The minimum atomic E-state index is 0.0835. The van der Waals surface area contributed by atoms with Crippen LogP contribution in [0.5, 0.6) is 5.75 Å². The van der Waals surface area contributed by atoms with Crippen molar-refractivity contribution >= 4 is 5.91 Å². The van der Waals surface area contributed by atoms with Gasteiger partial charge in [0.15, 0.2) is 0 Å². The molecule has 0 saturated heterocycles. The third-order valence-electron chi connectivity index (χ3n) is 3.60. The summed E-state index contributed by atoms with van der Waals surface area (Å²) in [7, 11) is 0. The van der Waals surface area contributed by atoms with Crippen LogP contribution in [0.25, 0.3) is 0 Å². The molecule has 0 heterocycles. The second-order valence-corrected chi connectivity index (χ2v) is 5.52. The summed E-state index contributed by atoms with van der Waals surface area (Å²) < 4.78 is 5.62. The van der Waals surface area contributed by atoms with E-state index in [1.165, 1.54) is 18.4 Å². The van der Waals surface area contributed by atoms with E-state index in [1.807, 2.05) is 31.2 Å². The Morgan fingerprint density at radius 2 is 2.30 bits per heavy atom. The van der Waals surface area contributed by atoms with E-state index in [9.17, 15) is 4.79 Å². The molecule has 1 saturated carbocycles. The Balaban J connectivity index is 1.61. The highest BCUT2D eigenvalue weighted by Crippen LogP contribution is 2.32. The molecule has 0 spiro atoms. The van der Waals surface area contributed by atoms with Crippen molar-refractivity contribution in [2.45, 2.75) is 38.6 Å². The normalized spacial score (nSPS) is 15.7. The summed E-state index contributed by atoms with van der Waals surface area (Å²) in [6.45, 7) is 3.13. The van der Waals surface area contributed by atoms with Crippen LogP contribution < -0.4 is 15.8 Å². The fraction of sp³-hybridized carbons (Fsp3) is 0.562. The maximum Gasteiger partial charge on any atom is 0.220 e. The number of rotatable bonds is 8. The van der Waals surface area contributed by atoms with E-state index in [4.69, 9.17) is 10.5 Å². The van der Waals surface area contributed by atoms with Gasteiger partial charge in [-0.3, -0.25) is 4.79 Å². The van der Waals surface area contributed by atoms with Crippen LogP contribution in [0, 0.1) is 12.8 Å². The standard InChI is InChI=1S/C16H24N2O2/c1-12-4-2-5-14(10-12)20-9-3-6-16(19)18-15(11-17)13-7-8-13/h2,4-5,10,13,15H,3,6-9,11,17H2,1H3,(H,18,19). The largest absolute Gasteiger partial charge is 0.494 e. The third kappa shape index (κ3) is 4.85. The summed E-state index contributed by atoms with van der Waals surface area (Å²) in [4.78, 5) is 11.8. The lowest BCUT2D eigenvalue weighted by molar-refractivity contribution is -0.122. The lowest BCUT2D eigenvalue weighted by Crippen LogP contribution is -2.41. The smallest absolute Gasteiger partial charge is 0.220 e. The summed E-state index contributed by atoms with van der Waals surface area (Å²) in [6.07, 6.45) is 3.61. The van der Waals surface area contributed by atoms with Crippen LogP contribution in [0.3, 0.4) is 0 Å². The van der Waals surface area contributed by atoms with E-state index in [0.29, 0.717) is 25.5 Å². The molecule has 4 heteroatoms. The number of hydrogen-bond acceptors (Lipinski definition) is 3. The van der Waals surface area contributed by atoms with E-state index in [-0.39, 0.29) is 11.9 Å². The number of aryl methyl sites for hydroxylation is 1. The molecule has 3 N–H and O–H groups in total. The van der Waals surface area contributed by atoms with Crippen molar-refractivity contribution < 1.29 is 9.53 Å². The van der Waals surface area contributed by atoms with Crippen molar-refractivity contribution in [3.8, 4) is 5.75 Å². The van der Waals surface area contributed by atoms with Crippen LogP contribution >= 0.6 is 0 Å². The summed E-state index contributed by atoms with van der Waals surface area (Å²) in [5.74, 6) is 1.55. The Hall–Kier alpha value is -1.55. The minimum absolute atomic E-state index is 0.0835. The SMILES string of the molecule is Cc1cccc(OCCCC(=O)NC(CN)C2CC2)c1. The summed E-state index contributed by atoms with van der Waals surface area (Å²) in [5.41, 5.74) is 6.84. The fourth-order valence-corrected chi connectivity index (χ4v) is 2.27. The highest BCUT2D eigenvalue weighted by molar-refractivity contribution is 5.76. The van der Waals surface area contributed by atoms with Gasteiger partial charge in [0.05, 0.1) is 6.61 Å². The summed E-state index contributed by atoms with van der Waals surface area (Å²) in [5, 5.41) is 3.02. The first-order valence-corrected chi connectivity index (χ1v) is 7.38. The molecule has 1 unspecified atom stereocenters. The van der Waals surface area contributed by atoms with Gasteiger partial charge >= 0.3 is 0 Å². The number of nitrogens with two attached hydrogens (primary N) is 1. The molecule has 0 aliphatic heterocycles. The molecule has 1 aliphatic rings. The zero-order valence-electron chi connectivity index (χ0n) is 12.1. The molecule has 1 aromatic carbocycles. The van der Waals surface area contributed by atoms with Crippen molar-refractivity contribution in [3.63, 3.8) is 0 Å². The predicted octanol–water partition coefficient (Wildman–Crippen LogP) is 2.01. The molecule has 1 fully saturated rings. The Labute approximate surface area is 120 Å². The van der Waals surface area contributed by atoms with Gasteiger partial charge in [-0.2, -0.15) is 0 Å². The number of hydrogen-bond donors (Lipinski definition) is 2. The zero-order valence-corrected chi connectivity index (χ0v) is 12.1. The first-order chi connectivity index (χ1) is 9.69. The molecule has 0 radical (unpaired) electrons. The second kappa shape index (κ2) is 7.29. The van der Waals surface area contributed by atoms with Crippen molar-refractivity contribution in [2.75, 3.05) is 13.2 Å². The minimum Gasteiger partial charge on any atom is -0.494 e. The van der Waals surface area contributed by atoms with Crippen LogP contribution in [0.2, 0.25) is 0 Å². The van der Waals surface area contributed by atoms with E-state index in [1.54, 1.807) is 0 Å². The van der Waals surface area contributed by atoms with Gasteiger partial charge in [-0.15, -0.1) is 0 Å². The first-order valence-electron chi connectivity index (χ1n) is 7.38. The maximum atomic E-state index is 11.8. The van der Waals surface area contributed by atoms with Gasteiger partial charge in [-0.25, -0.2) is 0 Å². The molecule has 110 valence electrons. The average molecular weight is 276 g/mol. The highest BCUT2D eigenvalue weighted by atomic mass is 16.5. The van der Waals surface area contributed by atoms with E-state index in [2.05, 4.69) is 5.32 Å². The van der Waals surface area contributed by atoms with Crippen molar-refractivity contribution in [2.24, 2.45) is 11.7 Å². The highest BCUT2D eigenvalue weighted by Gasteiger charge is 2.30. The first kappa shape index (κ1) is 14.9. The lowest BCUT2D eigenvalue weighted by Gasteiger charge is -2.15. The molecule has 0 bridgehead atoms. The predicted molar refractivity (Wildman–Crippen MR) is 79.6 cm³/mol. The Morgan fingerprint density at radius 1 is 1.50 bits per heavy atom. The van der Waals surface area contributed by atoms with Gasteiger partial charge in [0, 0.05) is 19.0 Å². The fourth-order valence-electron chi connectivity index (χ4n) is 2.27. The van der Waals surface area contributed by atoms with Gasteiger partial charge in [0.25, 0.3) is 0 Å². The number of amides is 1. The van der Waals surface area contributed by atoms with Crippen LogP contribution in [0.1, 0.15) is 31.2 Å². The molecule has 4 nitrogen and oxygen atoms in total. The van der Waals surface area contributed by atoms with E-state index >= 15 is 0 Å². The molecule has 1 aliphatic carbocycles. The van der Waals surface area contributed by atoms with Crippen LogP contribution in [-0.4, -0.2) is 25.1 Å². The Bertz CT molecular complexity index is 444. The molecule has 0 aromatic heterocycles. The number of carbonyl (C=O) groups excluding carboxylic acids is 1. The van der Waals surface area contributed by atoms with Crippen LogP contribution in [0.4, 0.5) is 0 Å². The summed E-state index contributed by atoms with van der Waals surface area (Å²) >= 11 is 0. The number of nitrogens with one attached hydrogen (secondary N) is 1. The van der Waals surface area contributed by atoms with Gasteiger partial charge in [0.2, 0.25) is 5.91 Å². The maximum absolute atomic E-state index is 11.8. The molecular weight excluding hydrogens is 252 g/mol. The van der Waals surface area contributed by atoms with Crippen LogP contribution in [-0.2, 0) is 4.79 Å². The monoisotopic (exact) mass is 276 g/mol. The molecule has 1 atom stereocenters. The number of benzene rings is 1. The Kier molecular flexibility index (Phi) is 5.41. The summed E-state index contributed by atoms with van der Waals surface area (Å²) in [6, 6.07) is 8.10. The third-order valence-corrected chi connectivity index (χ3v) is 3.60. The van der Waals surface area contributed by atoms with Gasteiger partial charge < -0.3 is 15.8 Å². The molecular formula is C16H24N2O2.